The van der Waals surface area contributed by atoms with Crippen molar-refractivity contribution < 1.29 is 19.2 Å². The second-order valence-corrected chi connectivity index (χ2v) is 5.71. The Labute approximate surface area is 145 Å². The van der Waals surface area contributed by atoms with E-state index in [-0.39, 0.29) is 12.3 Å². The first-order valence-electron chi connectivity index (χ1n) is 8.12. The van der Waals surface area contributed by atoms with E-state index in [9.17, 15) is 19.7 Å². The summed E-state index contributed by atoms with van der Waals surface area (Å²) in [7, 11) is 0. The molecule has 25 heavy (non-hydrogen) atoms. The summed E-state index contributed by atoms with van der Waals surface area (Å²) >= 11 is 0. The number of carbonyl (C=O) groups is 2. The van der Waals surface area contributed by atoms with Gasteiger partial charge in [0.25, 0.3) is 5.69 Å². The lowest BCUT2D eigenvalue weighted by Crippen LogP contribution is -2.46. The van der Waals surface area contributed by atoms with Gasteiger partial charge in [-0.3, -0.25) is 14.9 Å². The number of carbonyl (C=O) groups excluding carboxylic acids is 2. The summed E-state index contributed by atoms with van der Waals surface area (Å²) in [6, 6.07) is 3.87. The second-order valence-electron chi connectivity index (χ2n) is 5.71. The van der Waals surface area contributed by atoms with E-state index in [1.165, 1.54) is 12.1 Å². The van der Waals surface area contributed by atoms with Gasteiger partial charge < -0.3 is 19.9 Å². The highest BCUT2D eigenvalue weighted by atomic mass is 16.6. The fraction of sp³-hybridized carbons (Fsp3) is 0.500. The molecule has 1 saturated heterocycles. The standard InChI is InChI=1S/C16H22N4O5/c1-3-25-16(22)12(2)17-14-10-13(20(23)24)4-5-15(14)19-8-6-18(11-21)7-9-19/h4-5,10-12,17H,3,6-9H2,1-2H3. The monoisotopic (exact) mass is 350 g/mol. The molecule has 9 nitrogen and oxygen atoms in total. The first-order valence-corrected chi connectivity index (χ1v) is 8.12. The summed E-state index contributed by atoms with van der Waals surface area (Å²) in [6.07, 6.45) is 0.815. The van der Waals surface area contributed by atoms with Gasteiger partial charge in [-0.1, -0.05) is 0 Å². The van der Waals surface area contributed by atoms with E-state index < -0.39 is 16.9 Å². The van der Waals surface area contributed by atoms with Crippen LogP contribution < -0.4 is 10.2 Å². The Morgan fingerprint density at radius 3 is 2.64 bits per heavy atom. The minimum Gasteiger partial charge on any atom is -0.464 e. The Morgan fingerprint density at radius 1 is 1.40 bits per heavy atom. The number of anilines is 2. The summed E-state index contributed by atoms with van der Waals surface area (Å²) < 4.78 is 4.97. The van der Waals surface area contributed by atoms with Crippen LogP contribution in [-0.2, 0) is 14.3 Å². The molecule has 1 unspecified atom stereocenters. The minimum atomic E-state index is -0.642. The number of esters is 1. The molecule has 1 amide bonds. The van der Waals surface area contributed by atoms with Crippen LogP contribution >= 0.6 is 0 Å². The van der Waals surface area contributed by atoms with Gasteiger partial charge in [0, 0.05) is 38.3 Å². The zero-order chi connectivity index (χ0) is 18.4. The maximum absolute atomic E-state index is 11.9. The van der Waals surface area contributed by atoms with Gasteiger partial charge in [-0.2, -0.15) is 0 Å². The van der Waals surface area contributed by atoms with Gasteiger partial charge in [0.15, 0.2) is 0 Å². The molecule has 0 aliphatic carbocycles. The number of nitrogens with one attached hydrogen (secondary N) is 1. The third-order valence-corrected chi connectivity index (χ3v) is 4.01. The van der Waals surface area contributed by atoms with Crippen molar-refractivity contribution in [3.63, 3.8) is 0 Å². The third-order valence-electron chi connectivity index (χ3n) is 4.01. The van der Waals surface area contributed by atoms with Crippen molar-refractivity contribution in [1.29, 1.82) is 0 Å². The van der Waals surface area contributed by atoms with E-state index in [2.05, 4.69) is 5.32 Å². The van der Waals surface area contributed by atoms with Gasteiger partial charge >= 0.3 is 5.97 Å². The normalized spacial score (nSPS) is 15.4. The molecule has 0 radical (unpaired) electrons. The lowest BCUT2D eigenvalue weighted by atomic mass is 10.1. The van der Waals surface area contributed by atoms with E-state index in [4.69, 9.17) is 4.74 Å². The number of ether oxygens (including phenoxy) is 1. The zero-order valence-electron chi connectivity index (χ0n) is 14.3. The first-order chi connectivity index (χ1) is 12.0. The number of nitrogens with zero attached hydrogens (tertiary/aromatic N) is 3. The maximum Gasteiger partial charge on any atom is 0.328 e. The summed E-state index contributed by atoms with van der Waals surface area (Å²) in [5, 5.41) is 14.1. The predicted molar refractivity (Wildman–Crippen MR) is 92.7 cm³/mol. The number of nitro benzene ring substituents is 1. The van der Waals surface area contributed by atoms with Crippen LogP contribution in [0.4, 0.5) is 17.1 Å². The van der Waals surface area contributed by atoms with Crippen LogP contribution in [0.25, 0.3) is 0 Å². The highest BCUT2D eigenvalue weighted by molar-refractivity contribution is 5.82. The molecule has 0 saturated carbocycles. The molecule has 1 fully saturated rings. The maximum atomic E-state index is 11.9. The number of amides is 1. The predicted octanol–water partition coefficient (Wildman–Crippen LogP) is 1.24. The van der Waals surface area contributed by atoms with Gasteiger partial charge in [-0.15, -0.1) is 0 Å². The molecule has 1 aromatic carbocycles. The number of nitro groups is 1. The Kier molecular flexibility index (Phi) is 6.15. The molecule has 2 rings (SSSR count). The van der Waals surface area contributed by atoms with E-state index in [1.807, 2.05) is 4.90 Å². The van der Waals surface area contributed by atoms with E-state index >= 15 is 0 Å². The van der Waals surface area contributed by atoms with Crippen LogP contribution in [-0.4, -0.2) is 61.0 Å². The summed E-state index contributed by atoms with van der Waals surface area (Å²) in [6.45, 7) is 6.00. The molecule has 1 heterocycles. The lowest BCUT2D eigenvalue weighted by molar-refractivity contribution is -0.384. The molecular weight excluding hydrogens is 328 g/mol. The molecule has 9 heteroatoms. The van der Waals surface area contributed by atoms with Gasteiger partial charge in [-0.05, 0) is 19.9 Å². The van der Waals surface area contributed by atoms with Crippen LogP contribution in [0.3, 0.4) is 0 Å². The third kappa shape index (κ3) is 4.59. The van der Waals surface area contributed by atoms with Gasteiger partial charge in [0.1, 0.15) is 6.04 Å². The van der Waals surface area contributed by atoms with Crippen LogP contribution in [0.5, 0.6) is 0 Å². The topological polar surface area (TPSA) is 105 Å². The molecule has 1 N–H and O–H groups in total. The Hall–Kier alpha value is -2.84. The van der Waals surface area contributed by atoms with E-state index in [0.29, 0.717) is 31.9 Å². The van der Waals surface area contributed by atoms with Crippen LogP contribution in [0.2, 0.25) is 0 Å². The number of hydrogen-bond acceptors (Lipinski definition) is 7. The number of rotatable bonds is 7. The van der Waals surface area contributed by atoms with Crippen molar-refractivity contribution in [2.45, 2.75) is 19.9 Å². The van der Waals surface area contributed by atoms with E-state index in [1.54, 1.807) is 24.8 Å². The first kappa shape index (κ1) is 18.5. The molecule has 136 valence electrons. The number of hydrogen-bond donors (Lipinski definition) is 1. The average molecular weight is 350 g/mol. The number of non-ortho nitro benzene ring substituents is 1. The smallest absolute Gasteiger partial charge is 0.328 e. The van der Waals surface area contributed by atoms with Gasteiger partial charge in [-0.25, -0.2) is 4.79 Å². The van der Waals surface area contributed by atoms with Crippen LogP contribution in [0.1, 0.15) is 13.8 Å². The Balaban J connectivity index is 2.24. The summed E-state index contributed by atoms with van der Waals surface area (Å²) in [5.41, 5.74) is 1.19. The lowest BCUT2D eigenvalue weighted by Gasteiger charge is -2.35. The number of piperazine rings is 1. The SMILES string of the molecule is CCOC(=O)C(C)Nc1cc([N+](=O)[O-])ccc1N1CCN(C=O)CC1. The molecule has 0 aromatic heterocycles. The second kappa shape index (κ2) is 8.32. The molecule has 0 spiro atoms. The summed E-state index contributed by atoms with van der Waals surface area (Å²) in [4.78, 5) is 37.0. The van der Waals surface area contributed by atoms with Gasteiger partial charge in [0.2, 0.25) is 6.41 Å². The van der Waals surface area contributed by atoms with Crippen molar-refractivity contribution in [2.24, 2.45) is 0 Å². The molecular formula is C16H22N4O5. The number of benzene rings is 1. The highest BCUT2D eigenvalue weighted by Crippen LogP contribution is 2.31. The van der Waals surface area contributed by atoms with Crippen molar-refractivity contribution in [1.82, 2.24) is 4.90 Å². The fourth-order valence-electron chi connectivity index (χ4n) is 2.66. The largest absolute Gasteiger partial charge is 0.464 e. The molecule has 1 aromatic rings. The van der Waals surface area contributed by atoms with E-state index in [0.717, 1.165) is 12.1 Å². The Bertz CT molecular complexity index is 643. The summed E-state index contributed by atoms with van der Waals surface area (Å²) in [5.74, 6) is -0.425. The molecule has 1 aliphatic rings. The average Bonchev–Trinajstić information content (AvgIpc) is 2.62. The fourth-order valence-corrected chi connectivity index (χ4v) is 2.66. The van der Waals surface area contributed by atoms with Crippen molar-refractivity contribution in [2.75, 3.05) is 43.0 Å². The Morgan fingerprint density at radius 2 is 2.08 bits per heavy atom. The molecule has 1 atom stereocenters. The van der Waals surface area contributed by atoms with Crippen molar-refractivity contribution >= 4 is 29.4 Å². The molecule has 0 bridgehead atoms. The van der Waals surface area contributed by atoms with Gasteiger partial charge in [0.05, 0.1) is 22.9 Å². The van der Waals surface area contributed by atoms with Crippen LogP contribution in [0.15, 0.2) is 18.2 Å². The quantitative estimate of drug-likeness (QED) is 0.341. The molecule has 1 aliphatic heterocycles. The highest BCUT2D eigenvalue weighted by Gasteiger charge is 2.22. The van der Waals surface area contributed by atoms with Crippen LogP contribution in [0, 0.1) is 10.1 Å². The minimum absolute atomic E-state index is 0.0613. The van der Waals surface area contributed by atoms with Crippen molar-refractivity contribution in [3.05, 3.63) is 28.3 Å². The zero-order valence-corrected chi connectivity index (χ0v) is 14.3. The van der Waals surface area contributed by atoms with Crippen molar-refractivity contribution in [3.8, 4) is 0 Å².